The zero-order chi connectivity index (χ0) is 17.8. The molecule has 1 atom stereocenters. The van der Waals surface area contributed by atoms with Crippen LogP contribution in [0.15, 0.2) is 47.6 Å². The fraction of sp³-hybridized carbons (Fsp3) is 0.263. The van der Waals surface area contributed by atoms with Crippen LogP contribution in [0.2, 0.25) is 0 Å². The molecule has 1 heterocycles. The number of nitrogens with zero attached hydrogens (tertiary/aromatic N) is 1. The zero-order valence-corrected chi connectivity index (χ0v) is 15.3. The van der Waals surface area contributed by atoms with Crippen LogP contribution in [0.5, 0.6) is 5.75 Å². The van der Waals surface area contributed by atoms with E-state index in [-0.39, 0.29) is 11.2 Å². The Hall–Kier alpha value is -2.47. The van der Waals surface area contributed by atoms with Gasteiger partial charge in [-0.05, 0) is 50.6 Å². The number of H-pyrrole nitrogens is 1. The Balaban J connectivity index is 1.68. The molecule has 5 nitrogen and oxygen atoms in total. The van der Waals surface area contributed by atoms with Gasteiger partial charge in [0, 0.05) is 11.8 Å². The third-order valence-corrected chi connectivity index (χ3v) is 4.67. The summed E-state index contributed by atoms with van der Waals surface area (Å²) in [6.07, 6.45) is 0. The molecule has 0 fully saturated rings. The molecule has 0 spiro atoms. The molecule has 0 aliphatic rings. The van der Waals surface area contributed by atoms with Gasteiger partial charge in [0.05, 0.1) is 22.9 Å². The van der Waals surface area contributed by atoms with E-state index in [0.717, 1.165) is 33.2 Å². The largest absolute Gasteiger partial charge is 0.494 e. The molecule has 1 amide bonds. The molecule has 3 rings (SSSR count). The van der Waals surface area contributed by atoms with Gasteiger partial charge in [0.1, 0.15) is 5.75 Å². The number of hydrogen-bond donors (Lipinski definition) is 2. The third kappa shape index (κ3) is 4.33. The number of anilines is 1. The molecular formula is C19H21N3O2S. The van der Waals surface area contributed by atoms with Crippen molar-refractivity contribution >= 4 is 34.4 Å². The molecule has 2 aromatic carbocycles. The maximum atomic E-state index is 12.4. The Labute approximate surface area is 151 Å². The summed E-state index contributed by atoms with van der Waals surface area (Å²) in [6.45, 7) is 6.44. The number of aromatic amines is 1. The Bertz CT molecular complexity index is 891. The molecule has 0 aliphatic heterocycles. The van der Waals surface area contributed by atoms with E-state index in [4.69, 9.17) is 4.74 Å². The number of imidazole rings is 1. The molecule has 6 heteroatoms. The highest BCUT2D eigenvalue weighted by atomic mass is 32.2. The highest BCUT2D eigenvalue weighted by Gasteiger charge is 2.17. The number of hydrogen-bond acceptors (Lipinski definition) is 4. The molecule has 1 unspecified atom stereocenters. The lowest BCUT2D eigenvalue weighted by molar-refractivity contribution is -0.115. The van der Waals surface area contributed by atoms with E-state index in [1.165, 1.54) is 11.8 Å². The van der Waals surface area contributed by atoms with Crippen molar-refractivity contribution in [2.75, 3.05) is 11.9 Å². The van der Waals surface area contributed by atoms with E-state index in [9.17, 15) is 4.79 Å². The Morgan fingerprint density at radius 2 is 2.16 bits per heavy atom. The fourth-order valence-corrected chi connectivity index (χ4v) is 3.29. The van der Waals surface area contributed by atoms with Crippen molar-refractivity contribution in [2.24, 2.45) is 0 Å². The van der Waals surface area contributed by atoms with E-state index in [0.29, 0.717) is 6.61 Å². The van der Waals surface area contributed by atoms with Crippen molar-refractivity contribution < 1.29 is 9.53 Å². The van der Waals surface area contributed by atoms with Crippen LogP contribution in [0, 0.1) is 6.92 Å². The normalized spacial score (nSPS) is 12.1. The predicted molar refractivity (Wildman–Crippen MR) is 102 cm³/mol. The summed E-state index contributed by atoms with van der Waals surface area (Å²) in [7, 11) is 0. The Morgan fingerprint density at radius 3 is 2.92 bits per heavy atom. The second-order valence-corrected chi connectivity index (χ2v) is 7.10. The number of nitrogens with one attached hydrogen (secondary N) is 2. The summed E-state index contributed by atoms with van der Waals surface area (Å²) in [4.78, 5) is 20.2. The van der Waals surface area contributed by atoms with E-state index >= 15 is 0 Å². The second-order valence-electron chi connectivity index (χ2n) is 5.77. The van der Waals surface area contributed by atoms with Crippen LogP contribution in [0.25, 0.3) is 11.0 Å². The van der Waals surface area contributed by atoms with Gasteiger partial charge in [-0.15, -0.1) is 0 Å². The third-order valence-electron chi connectivity index (χ3n) is 3.69. The van der Waals surface area contributed by atoms with Gasteiger partial charge >= 0.3 is 0 Å². The van der Waals surface area contributed by atoms with Gasteiger partial charge in [-0.3, -0.25) is 4.79 Å². The van der Waals surface area contributed by atoms with Crippen molar-refractivity contribution in [1.29, 1.82) is 0 Å². The van der Waals surface area contributed by atoms with Crippen molar-refractivity contribution in [3.63, 3.8) is 0 Å². The van der Waals surface area contributed by atoms with Crippen LogP contribution < -0.4 is 10.1 Å². The molecule has 0 bridgehead atoms. The van der Waals surface area contributed by atoms with Gasteiger partial charge in [-0.1, -0.05) is 23.9 Å². The van der Waals surface area contributed by atoms with Crippen LogP contribution >= 0.6 is 11.8 Å². The molecule has 0 radical (unpaired) electrons. The molecule has 3 aromatic rings. The zero-order valence-electron chi connectivity index (χ0n) is 14.5. The quantitative estimate of drug-likeness (QED) is 0.644. The van der Waals surface area contributed by atoms with Gasteiger partial charge in [-0.2, -0.15) is 0 Å². The number of ether oxygens (including phenoxy) is 1. The molecule has 25 heavy (non-hydrogen) atoms. The van der Waals surface area contributed by atoms with Crippen molar-refractivity contribution in [3.8, 4) is 5.75 Å². The summed E-state index contributed by atoms with van der Waals surface area (Å²) >= 11 is 1.40. The van der Waals surface area contributed by atoms with E-state index in [1.807, 2.05) is 63.2 Å². The minimum absolute atomic E-state index is 0.0499. The molecule has 0 saturated carbocycles. The minimum atomic E-state index is -0.271. The van der Waals surface area contributed by atoms with E-state index < -0.39 is 0 Å². The lowest BCUT2D eigenvalue weighted by atomic mass is 10.2. The monoisotopic (exact) mass is 355 g/mol. The fourth-order valence-electron chi connectivity index (χ4n) is 2.47. The van der Waals surface area contributed by atoms with Gasteiger partial charge in [0.25, 0.3) is 0 Å². The van der Waals surface area contributed by atoms with Gasteiger partial charge in [0.2, 0.25) is 5.91 Å². The summed E-state index contributed by atoms with van der Waals surface area (Å²) in [5.74, 6) is 0.756. The second kappa shape index (κ2) is 7.61. The minimum Gasteiger partial charge on any atom is -0.494 e. The molecule has 1 aromatic heterocycles. The van der Waals surface area contributed by atoms with Crippen molar-refractivity contribution in [1.82, 2.24) is 9.97 Å². The Kier molecular flexibility index (Phi) is 5.28. The molecule has 0 saturated heterocycles. The average Bonchev–Trinajstić information content (AvgIpc) is 2.96. The predicted octanol–water partition coefficient (Wildman–Crippen LogP) is 4.39. The topological polar surface area (TPSA) is 67.0 Å². The van der Waals surface area contributed by atoms with E-state index in [1.54, 1.807) is 0 Å². The van der Waals surface area contributed by atoms with Crippen molar-refractivity contribution in [3.05, 3.63) is 48.0 Å². The first-order chi connectivity index (χ1) is 12.0. The first kappa shape index (κ1) is 17.4. The van der Waals surface area contributed by atoms with Crippen LogP contribution in [-0.4, -0.2) is 27.7 Å². The number of carbonyl (C=O) groups excluding carboxylic acids is 1. The number of aromatic nitrogens is 2. The first-order valence-corrected chi connectivity index (χ1v) is 9.10. The summed E-state index contributed by atoms with van der Waals surface area (Å²) in [6, 6.07) is 13.5. The standard InChI is InChI=1S/C19H21N3O2S/c1-4-24-15-8-9-16-17(11-15)22-19(21-16)25-13(3)18(23)20-14-7-5-6-12(2)10-14/h5-11,13H,4H2,1-3H3,(H,20,23)(H,21,22). The van der Waals surface area contributed by atoms with Gasteiger partial charge in [-0.25, -0.2) is 4.98 Å². The van der Waals surface area contributed by atoms with E-state index in [2.05, 4.69) is 15.3 Å². The highest BCUT2D eigenvalue weighted by molar-refractivity contribution is 8.00. The number of fused-ring (bicyclic) bond motifs is 1. The summed E-state index contributed by atoms with van der Waals surface area (Å²) in [5.41, 5.74) is 3.68. The average molecular weight is 355 g/mol. The van der Waals surface area contributed by atoms with Crippen molar-refractivity contribution in [2.45, 2.75) is 31.2 Å². The molecule has 0 aliphatic carbocycles. The summed E-state index contributed by atoms with van der Waals surface area (Å²) in [5, 5.41) is 3.39. The van der Waals surface area contributed by atoms with Crippen LogP contribution in [-0.2, 0) is 4.79 Å². The molecular weight excluding hydrogens is 334 g/mol. The SMILES string of the molecule is CCOc1ccc2nc(SC(C)C(=O)Nc3cccc(C)c3)[nH]c2c1. The Morgan fingerprint density at radius 1 is 1.32 bits per heavy atom. The van der Waals surface area contributed by atoms with Gasteiger partial charge in [0.15, 0.2) is 5.16 Å². The number of rotatable bonds is 6. The molecule has 2 N–H and O–H groups in total. The number of benzene rings is 2. The van der Waals surface area contributed by atoms with Gasteiger partial charge < -0.3 is 15.0 Å². The number of thioether (sulfide) groups is 1. The highest BCUT2D eigenvalue weighted by Crippen LogP contribution is 2.26. The lowest BCUT2D eigenvalue weighted by Gasteiger charge is -2.10. The number of aryl methyl sites for hydroxylation is 1. The maximum absolute atomic E-state index is 12.4. The molecule has 130 valence electrons. The van der Waals surface area contributed by atoms with Crippen LogP contribution in [0.1, 0.15) is 19.4 Å². The first-order valence-electron chi connectivity index (χ1n) is 8.22. The van der Waals surface area contributed by atoms with Crippen LogP contribution in [0.4, 0.5) is 5.69 Å². The lowest BCUT2D eigenvalue weighted by Crippen LogP contribution is -2.22. The smallest absolute Gasteiger partial charge is 0.237 e. The number of carbonyl (C=O) groups is 1. The maximum Gasteiger partial charge on any atom is 0.237 e. The van der Waals surface area contributed by atoms with Crippen LogP contribution in [0.3, 0.4) is 0 Å². The number of amides is 1. The summed E-state index contributed by atoms with van der Waals surface area (Å²) < 4.78 is 5.50.